The van der Waals surface area contributed by atoms with Gasteiger partial charge in [-0.1, -0.05) is 17.7 Å². The number of fused-ring (bicyclic) bond motifs is 1. The number of nitrogens with zero attached hydrogens (tertiary/aromatic N) is 2. The Hall–Kier alpha value is -1.02. The van der Waals surface area contributed by atoms with Crippen molar-refractivity contribution in [1.29, 1.82) is 0 Å². The van der Waals surface area contributed by atoms with Gasteiger partial charge in [0.1, 0.15) is 0 Å². The van der Waals surface area contributed by atoms with Crippen LogP contribution in [0.4, 0.5) is 5.69 Å². The van der Waals surface area contributed by atoms with Gasteiger partial charge < -0.3 is 4.90 Å². The van der Waals surface area contributed by atoms with Gasteiger partial charge in [0.15, 0.2) is 0 Å². The molecule has 0 saturated carbocycles. The molecule has 0 bridgehead atoms. The lowest BCUT2D eigenvalue weighted by Crippen LogP contribution is -2.19. The molecule has 0 aliphatic carbocycles. The number of rotatable bonds is 2. The molecule has 1 aliphatic heterocycles. The first kappa shape index (κ1) is 8.57. The first-order chi connectivity index (χ1) is 6.42. The van der Waals surface area contributed by atoms with Gasteiger partial charge in [0.25, 0.3) is 0 Å². The highest BCUT2D eigenvalue weighted by atomic mass is 35.5. The zero-order valence-corrected chi connectivity index (χ0v) is 8.04. The zero-order chi connectivity index (χ0) is 9.10. The lowest BCUT2D eigenvalue weighted by Gasteiger charge is -2.15. The molecule has 2 rings (SSSR count). The van der Waals surface area contributed by atoms with Crippen molar-refractivity contribution in [2.24, 2.45) is 0 Å². The summed E-state index contributed by atoms with van der Waals surface area (Å²) in [4.78, 5) is 6.60. The Labute approximate surface area is 82.8 Å². The van der Waals surface area contributed by atoms with Gasteiger partial charge >= 0.3 is 0 Å². The molecule has 1 aliphatic rings. The number of halogens is 1. The fourth-order valence-corrected chi connectivity index (χ4v) is 1.71. The number of aromatic nitrogens is 1. The minimum Gasteiger partial charge on any atom is -0.366 e. The second kappa shape index (κ2) is 3.79. The summed E-state index contributed by atoms with van der Waals surface area (Å²) in [6.45, 7) is 1.93. The van der Waals surface area contributed by atoms with E-state index in [1.54, 1.807) is 5.54 Å². The molecule has 0 fully saturated rings. The van der Waals surface area contributed by atoms with E-state index in [1.165, 1.54) is 11.4 Å². The van der Waals surface area contributed by atoms with Gasteiger partial charge in [0.2, 0.25) is 0 Å². The van der Waals surface area contributed by atoms with Crippen molar-refractivity contribution in [1.82, 2.24) is 4.98 Å². The van der Waals surface area contributed by atoms with E-state index in [9.17, 15) is 0 Å². The topological polar surface area (TPSA) is 16.1 Å². The largest absolute Gasteiger partial charge is 0.366 e. The van der Waals surface area contributed by atoms with Gasteiger partial charge in [-0.05, 0) is 12.1 Å². The molecule has 0 N–H and O–H groups in total. The van der Waals surface area contributed by atoms with Crippen LogP contribution in [0.15, 0.2) is 29.9 Å². The van der Waals surface area contributed by atoms with E-state index in [4.69, 9.17) is 11.6 Å². The van der Waals surface area contributed by atoms with E-state index in [2.05, 4.69) is 16.0 Å². The molecule has 13 heavy (non-hydrogen) atoms. The van der Waals surface area contributed by atoms with Gasteiger partial charge in [-0.15, -0.1) is 0 Å². The Kier molecular flexibility index (Phi) is 2.50. The van der Waals surface area contributed by atoms with Crippen LogP contribution in [-0.4, -0.2) is 18.1 Å². The summed E-state index contributed by atoms with van der Waals surface area (Å²) in [5, 5.41) is 0. The highest BCUT2D eigenvalue weighted by Crippen LogP contribution is 2.24. The molecule has 0 spiro atoms. The molecule has 3 heteroatoms. The molecule has 1 aromatic heterocycles. The molecule has 68 valence electrons. The van der Waals surface area contributed by atoms with E-state index < -0.39 is 0 Å². The van der Waals surface area contributed by atoms with Crippen LogP contribution in [0, 0.1) is 0 Å². The fourth-order valence-electron chi connectivity index (χ4n) is 1.63. The maximum absolute atomic E-state index is 5.48. The van der Waals surface area contributed by atoms with Gasteiger partial charge in [-0.3, -0.25) is 4.98 Å². The van der Waals surface area contributed by atoms with E-state index in [1.807, 2.05) is 18.3 Å². The summed E-state index contributed by atoms with van der Waals surface area (Å²) in [5.41, 5.74) is 4.01. The molecule has 1 aromatic rings. The summed E-state index contributed by atoms with van der Waals surface area (Å²) in [5.74, 6) is 0. The minimum absolute atomic E-state index is 0.877. The minimum atomic E-state index is 0.877. The van der Waals surface area contributed by atoms with E-state index in [0.29, 0.717) is 0 Å². The van der Waals surface area contributed by atoms with Crippen LogP contribution in [0.2, 0.25) is 0 Å². The SMILES string of the molecule is Cl/C=C/CN1CCc2ncccc21. The molecule has 0 unspecified atom stereocenters. The van der Waals surface area contributed by atoms with Crippen molar-refractivity contribution in [3.05, 3.63) is 35.6 Å². The molecular weight excluding hydrogens is 184 g/mol. The maximum atomic E-state index is 5.48. The second-order valence-electron chi connectivity index (χ2n) is 3.03. The molecule has 0 radical (unpaired) electrons. The van der Waals surface area contributed by atoms with Gasteiger partial charge in [-0.2, -0.15) is 0 Å². The van der Waals surface area contributed by atoms with Crippen molar-refractivity contribution in [3.8, 4) is 0 Å². The first-order valence-corrected chi connectivity index (χ1v) is 4.79. The van der Waals surface area contributed by atoms with Crippen LogP contribution in [0.1, 0.15) is 5.69 Å². The quantitative estimate of drug-likeness (QED) is 0.718. The zero-order valence-electron chi connectivity index (χ0n) is 7.28. The Morgan fingerprint density at radius 3 is 3.38 bits per heavy atom. The van der Waals surface area contributed by atoms with Crippen molar-refractivity contribution < 1.29 is 0 Å². The number of hydrogen-bond acceptors (Lipinski definition) is 2. The third-order valence-corrected chi connectivity index (χ3v) is 2.42. The maximum Gasteiger partial charge on any atom is 0.0654 e. The van der Waals surface area contributed by atoms with Gasteiger partial charge in [0.05, 0.1) is 11.4 Å². The van der Waals surface area contributed by atoms with Crippen molar-refractivity contribution in [2.45, 2.75) is 6.42 Å². The molecule has 2 nitrogen and oxygen atoms in total. The number of hydrogen-bond donors (Lipinski definition) is 0. The standard InChI is InChI=1S/C10H11ClN2/c11-5-2-7-13-8-4-9-10(13)3-1-6-12-9/h1-3,5-6H,4,7-8H2/b5-2+. The van der Waals surface area contributed by atoms with Crippen LogP contribution in [0.5, 0.6) is 0 Å². The predicted octanol–water partition coefficient (Wildman–Crippen LogP) is 2.20. The van der Waals surface area contributed by atoms with E-state index in [-0.39, 0.29) is 0 Å². The van der Waals surface area contributed by atoms with Crippen molar-refractivity contribution in [3.63, 3.8) is 0 Å². The third kappa shape index (κ3) is 1.68. The van der Waals surface area contributed by atoms with E-state index >= 15 is 0 Å². The Bertz CT molecular complexity index is 322. The van der Waals surface area contributed by atoms with Crippen LogP contribution < -0.4 is 4.90 Å². The number of anilines is 1. The predicted molar refractivity (Wildman–Crippen MR) is 55.1 cm³/mol. The average Bonchev–Trinajstić information content (AvgIpc) is 2.58. The summed E-state index contributed by atoms with van der Waals surface area (Å²) in [6, 6.07) is 4.08. The molecule has 2 heterocycles. The van der Waals surface area contributed by atoms with Crippen LogP contribution >= 0.6 is 11.6 Å². The van der Waals surface area contributed by atoms with Crippen LogP contribution in [0.25, 0.3) is 0 Å². The Balaban J connectivity index is 2.18. The van der Waals surface area contributed by atoms with Crippen LogP contribution in [-0.2, 0) is 6.42 Å². The van der Waals surface area contributed by atoms with Crippen molar-refractivity contribution in [2.75, 3.05) is 18.0 Å². The lowest BCUT2D eigenvalue weighted by molar-refractivity contribution is 0.898. The van der Waals surface area contributed by atoms with Crippen molar-refractivity contribution >= 4 is 17.3 Å². The molecule has 0 saturated heterocycles. The summed E-state index contributed by atoms with van der Waals surface area (Å²) in [7, 11) is 0. The fraction of sp³-hybridized carbons (Fsp3) is 0.300. The monoisotopic (exact) mass is 194 g/mol. The summed E-state index contributed by atoms with van der Waals surface area (Å²) >= 11 is 5.48. The smallest absolute Gasteiger partial charge is 0.0654 e. The van der Waals surface area contributed by atoms with Gasteiger partial charge in [-0.25, -0.2) is 0 Å². The average molecular weight is 195 g/mol. The van der Waals surface area contributed by atoms with Crippen LogP contribution in [0.3, 0.4) is 0 Å². The number of pyridine rings is 1. The molecule has 0 amide bonds. The summed E-state index contributed by atoms with van der Waals surface area (Å²) < 4.78 is 0. The first-order valence-electron chi connectivity index (χ1n) is 4.36. The lowest BCUT2D eigenvalue weighted by atomic mass is 10.3. The molecule has 0 atom stereocenters. The van der Waals surface area contributed by atoms with E-state index in [0.717, 1.165) is 19.5 Å². The highest BCUT2D eigenvalue weighted by molar-refractivity contribution is 6.25. The molecular formula is C10H11ClN2. The normalized spacial score (nSPS) is 15.3. The molecule has 0 aromatic carbocycles. The highest BCUT2D eigenvalue weighted by Gasteiger charge is 2.17. The second-order valence-corrected chi connectivity index (χ2v) is 3.28. The Morgan fingerprint density at radius 2 is 2.54 bits per heavy atom. The van der Waals surface area contributed by atoms with Gasteiger partial charge in [0, 0.05) is 31.2 Å². The Morgan fingerprint density at radius 1 is 1.62 bits per heavy atom. The summed E-state index contributed by atoms with van der Waals surface area (Å²) in [6.07, 6.45) is 4.84. The third-order valence-electron chi connectivity index (χ3n) is 2.24.